The molecule has 1 atom stereocenters. The van der Waals surface area contributed by atoms with Crippen LogP contribution in [0.5, 0.6) is 5.75 Å². The molecule has 0 radical (unpaired) electrons. The van der Waals surface area contributed by atoms with Crippen LogP contribution >= 0.6 is 11.3 Å². The van der Waals surface area contributed by atoms with Crippen LogP contribution in [0.15, 0.2) is 48.0 Å². The summed E-state index contributed by atoms with van der Waals surface area (Å²) < 4.78 is 6.26. The third kappa shape index (κ3) is 2.32. The van der Waals surface area contributed by atoms with Crippen molar-refractivity contribution in [3.63, 3.8) is 0 Å². The summed E-state index contributed by atoms with van der Waals surface area (Å²) in [5.41, 5.74) is 2.56. The molecule has 0 bridgehead atoms. The highest BCUT2D eigenvalue weighted by Crippen LogP contribution is 2.28. The summed E-state index contributed by atoms with van der Waals surface area (Å²) in [6, 6.07) is 11.4. The molecule has 0 aliphatic rings. The van der Waals surface area contributed by atoms with Gasteiger partial charge in [0.2, 0.25) is 0 Å². The summed E-state index contributed by atoms with van der Waals surface area (Å²) in [5.74, 6) is 0.738. The van der Waals surface area contributed by atoms with Crippen molar-refractivity contribution in [2.75, 3.05) is 7.11 Å². The Morgan fingerprint density at radius 2 is 2.11 bits per heavy atom. The molecule has 1 aromatic carbocycles. The number of pyridine rings is 1. The smallest absolute Gasteiger partial charge is 0.119 e. The number of rotatable bonds is 3. The number of hydrogen-bond acceptors (Lipinski definition) is 4. The average Bonchev–Trinajstić information content (AvgIpc) is 2.94. The molecule has 0 aliphatic heterocycles. The predicted molar refractivity (Wildman–Crippen MR) is 76.7 cm³/mol. The zero-order valence-corrected chi connectivity index (χ0v) is 11.2. The molecule has 96 valence electrons. The van der Waals surface area contributed by atoms with Crippen molar-refractivity contribution in [1.82, 2.24) is 4.98 Å². The number of aliphatic hydroxyl groups excluding tert-OH is 1. The minimum atomic E-state index is -0.686. The minimum absolute atomic E-state index is 0.686. The van der Waals surface area contributed by atoms with Crippen LogP contribution in [-0.2, 0) is 0 Å². The first-order valence-electron chi connectivity index (χ1n) is 5.93. The Morgan fingerprint density at radius 1 is 1.21 bits per heavy atom. The van der Waals surface area contributed by atoms with Crippen LogP contribution in [-0.4, -0.2) is 17.2 Å². The van der Waals surface area contributed by atoms with Crippen LogP contribution in [0, 0.1) is 0 Å². The summed E-state index contributed by atoms with van der Waals surface area (Å²) >= 11 is 1.62. The normalized spacial score (nSPS) is 12.5. The summed E-state index contributed by atoms with van der Waals surface area (Å²) in [4.78, 5) is 4.35. The predicted octanol–water partition coefficient (Wildman–Crippen LogP) is 3.39. The second kappa shape index (κ2) is 4.99. The zero-order valence-electron chi connectivity index (χ0n) is 10.4. The molecule has 0 amide bonds. The summed E-state index contributed by atoms with van der Waals surface area (Å²) in [6.07, 6.45) is 1.04. The van der Waals surface area contributed by atoms with Crippen LogP contribution in [0.3, 0.4) is 0 Å². The van der Waals surface area contributed by atoms with Gasteiger partial charge in [0.25, 0.3) is 0 Å². The van der Waals surface area contributed by atoms with Gasteiger partial charge in [-0.15, -0.1) is 11.3 Å². The van der Waals surface area contributed by atoms with E-state index in [1.807, 2.05) is 41.8 Å². The quantitative estimate of drug-likeness (QED) is 0.794. The molecule has 3 aromatic rings. The molecule has 1 unspecified atom stereocenters. The second-order valence-electron chi connectivity index (χ2n) is 4.25. The highest BCUT2D eigenvalue weighted by atomic mass is 32.1. The molecule has 2 heterocycles. The van der Waals surface area contributed by atoms with E-state index in [9.17, 15) is 5.11 Å². The first-order chi connectivity index (χ1) is 9.28. The number of fused-ring (bicyclic) bond motifs is 1. The molecule has 0 fully saturated rings. The van der Waals surface area contributed by atoms with Gasteiger partial charge in [0.1, 0.15) is 11.9 Å². The molecule has 0 saturated heterocycles. The largest absolute Gasteiger partial charge is 0.497 e. The maximum atomic E-state index is 10.4. The van der Waals surface area contributed by atoms with Gasteiger partial charge >= 0.3 is 0 Å². The van der Waals surface area contributed by atoms with Gasteiger partial charge in [0, 0.05) is 11.8 Å². The lowest BCUT2D eigenvalue weighted by Gasteiger charge is -2.12. The van der Waals surface area contributed by atoms with Crippen LogP contribution in [0.25, 0.3) is 10.2 Å². The van der Waals surface area contributed by atoms with E-state index in [2.05, 4.69) is 4.98 Å². The van der Waals surface area contributed by atoms with E-state index in [1.165, 1.54) is 0 Å². The maximum Gasteiger partial charge on any atom is 0.119 e. The third-order valence-corrected chi connectivity index (χ3v) is 3.90. The van der Waals surface area contributed by atoms with E-state index < -0.39 is 6.10 Å². The second-order valence-corrected chi connectivity index (χ2v) is 5.20. The first kappa shape index (κ1) is 12.1. The molecule has 0 saturated carbocycles. The number of methoxy groups -OCH3 is 1. The summed E-state index contributed by atoms with van der Waals surface area (Å²) in [5, 5.41) is 12.4. The van der Waals surface area contributed by atoms with E-state index in [0.29, 0.717) is 0 Å². The van der Waals surface area contributed by atoms with Gasteiger partial charge in [-0.1, -0.05) is 12.1 Å². The Balaban J connectivity index is 1.99. The Kier molecular flexibility index (Phi) is 3.19. The van der Waals surface area contributed by atoms with Crippen molar-refractivity contribution in [3.8, 4) is 5.75 Å². The van der Waals surface area contributed by atoms with Gasteiger partial charge in [-0.2, -0.15) is 0 Å². The fourth-order valence-electron chi connectivity index (χ4n) is 2.02. The molecule has 4 heteroatoms. The van der Waals surface area contributed by atoms with Gasteiger partial charge in [-0.3, -0.25) is 4.98 Å². The monoisotopic (exact) mass is 271 g/mol. The van der Waals surface area contributed by atoms with Gasteiger partial charge in [-0.25, -0.2) is 0 Å². The molecule has 0 spiro atoms. The van der Waals surface area contributed by atoms with Crippen molar-refractivity contribution in [2.45, 2.75) is 6.10 Å². The molecular weight excluding hydrogens is 258 g/mol. The number of ether oxygens (including phenoxy) is 1. The van der Waals surface area contributed by atoms with Gasteiger partial charge < -0.3 is 9.84 Å². The Labute approximate surface area is 115 Å². The lowest BCUT2D eigenvalue weighted by Crippen LogP contribution is -2.00. The molecule has 3 nitrogen and oxygen atoms in total. The average molecular weight is 271 g/mol. The van der Waals surface area contributed by atoms with E-state index in [-0.39, 0.29) is 0 Å². The van der Waals surface area contributed by atoms with Crippen LogP contribution < -0.4 is 4.74 Å². The molecular formula is C15H13NO2S. The number of benzene rings is 1. The topological polar surface area (TPSA) is 42.4 Å². The van der Waals surface area contributed by atoms with Crippen molar-refractivity contribution in [3.05, 3.63) is 59.1 Å². The third-order valence-electron chi connectivity index (χ3n) is 3.05. The fourth-order valence-corrected chi connectivity index (χ4v) is 2.80. The van der Waals surface area contributed by atoms with Gasteiger partial charge in [0.15, 0.2) is 0 Å². The van der Waals surface area contributed by atoms with E-state index >= 15 is 0 Å². The number of thiophene rings is 1. The standard InChI is InChI=1S/C15H13NO2S/c1-18-12-4-2-3-10(7-12)15(17)11-8-14-13(16-9-11)5-6-19-14/h2-9,15,17H,1H3. The Hall–Kier alpha value is -1.91. The molecule has 19 heavy (non-hydrogen) atoms. The number of hydrogen-bond donors (Lipinski definition) is 1. The van der Waals surface area contributed by atoms with Crippen molar-refractivity contribution < 1.29 is 9.84 Å². The fraction of sp³-hybridized carbons (Fsp3) is 0.133. The lowest BCUT2D eigenvalue weighted by molar-refractivity contribution is 0.219. The van der Waals surface area contributed by atoms with E-state index in [4.69, 9.17) is 4.74 Å². The Bertz CT molecular complexity index is 708. The van der Waals surface area contributed by atoms with Crippen LogP contribution in [0.1, 0.15) is 17.2 Å². The highest BCUT2D eigenvalue weighted by molar-refractivity contribution is 7.17. The molecule has 0 aliphatic carbocycles. The maximum absolute atomic E-state index is 10.4. The Morgan fingerprint density at radius 3 is 2.95 bits per heavy atom. The van der Waals surface area contributed by atoms with E-state index in [1.54, 1.807) is 24.6 Å². The lowest BCUT2D eigenvalue weighted by atomic mass is 10.0. The minimum Gasteiger partial charge on any atom is -0.497 e. The summed E-state index contributed by atoms with van der Waals surface area (Å²) in [6.45, 7) is 0. The van der Waals surface area contributed by atoms with Crippen molar-refractivity contribution in [2.24, 2.45) is 0 Å². The number of aliphatic hydroxyl groups is 1. The zero-order chi connectivity index (χ0) is 13.2. The van der Waals surface area contributed by atoms with E-state index in [0.717, 1.165) is 27.1 Å². The molecule has 3 rings (SSSR count). The SMILES string of the molecule is COc1cccc(C(O)c2cnc3ccsc3c2)c1. The van der Waals surface area contributed by atoms with Crippen molar-refractivity contribution >= 4 is 21.6 Å². The highest BCUT2D eigenvalue weighted by Gasteiger charge is 2.12. The van der Waals surface area contributed by atoms with Crippen molar-refractivity contribution in [1.29, 1.82) is 0 Å². The summed E-state index contributed by atoms with van der Waals surface area (Å²) in [7, 11) is 1.62. The van der Waals surface area contributed by atoms with Crippen LogP contribution in [0.2, 0.25) is 0 Å². The molecule has 1 N–H and O–H groups in total. The first-order valence-corrected chi connectivity index (χ1v) is 6.81. The van der Waals surface area contributed by atoms with Gasteiger partial charge in [-0.05, 0) is 35.2 Å². The van der Waals surface area contributed by atoms with Crippen LogP contribution in [0.4, 0.5) is 0 Å². The number of nitrogens with zero attached hydrogens (tertiary/aromatic N) is 1. The number of aromatic nitrogens is 1. The van der Waals surface area contributed by atoms with Gasteiger partial charge in [0.05, 0.1) is 17.3 Å². The molecule has 2 aromatic heterocycles.